The van der Waals surface area contributed by atoms with Gasteiger partial charge in [-0.1, -0.05) is 19.1 Å². The van der Waals surface area contributed by atoms with Crippen LogP contribution in [-0.2, 0) is 0 Å². The first-order valence-corrected chi connectivity index (χ1v) is 6.95. The molecule has 0 aliphatic heterocycles. The number of hydrogen-bond acceptors (Lipinski definition) is 3. The van der Waals surface area contributed by atoms with E-state index in [1.54, 1.807) is 13.3 Å². The monoisotopic (exact) mass is 270 g/mol. The zero-order valence-corrected chi connectivity index (χ0v) is 12.6. The minimum Gasteiger partial charge on any atom is -0.496 e. The number of nitrogens with zero attached hydrogens (tertiary/aromatic N) is 1. The van der Waals surface area contributed by atoms with Crippen LogP contribution in [0.2, 0.25) is 0 Å². The van der Waals surface area contributed by atoms with Crippen molar-refractivity contribution in [2.75, 3.05) is 13.7 Å². The molecule has 0 aliphatic carbocycles. The van der Waals surface area contributed by atoms with Crippen molar-refractivity contribution >= 4 is 0 Å². The number of rotatable bonds is 5. The van der Waals surface area contributed by atoms with E-state index in [-0.39, 0.29) is 6.04 Å². The van der Waals surface area contributed by atoms with Crippen molar-refractivity contribution in [3.8, 4) is 5.75 Å². The lowest BCUT2D eigenvalue weighted by Crippen LogP contribution is -2.23. The summed E-state index contributed by atoms with van der Waals surface area (Å²) in [6, 6.07) is 8.44. The molecule has 0 saturated carbocycles. The van der Waals surface area contributed by atoms with Crippen molar-refractivity contribution in [1.29, 1.82) is 0 Å². The van der Waals surface area contributed by atoms with Crippen LogP contribution >= 0.6 is 0 Å². The van der Waals surface area contributed by atoms with Crippen molar-refractivity contribution in [3.05, 3.63) is 58.9 Å². The quantitative estimate of drug-likeness (QED) is 0.904. The molecule has 0 bridgehead atoms. The van der Waals surface area contributed by atoms with Crippen LogP contribution in [0.3, 0.4) is 0 Å². The highest BCUT2D eigenvalue weighted by Crippen LogP contribution is 2.33. The van der Waals surface area contributed by atoms with Crippen LogP contribution in [0.25, 0.3) is 0 Å². The van der Waals surface area contributed by atoms with Gasteiger partial charge in [-0.3, -0.25) is 4.98 Å². The fraction of sp³-hybridized carbons (Fsp3) is 0.353. The van der Waals surface area contributed by atoms with E-state index in [4.69, 9.17) is 4.74 Å². The van der Waals surface area contributed by atoms with E-state index in [2.05, 4.69) is 49.3 Å². The molecule has 0 saturated heterocycles. The van der Waals surface area contributed by atoms with Crippen LogP contribution in [-0.4, -0.2) is 18.6 Å². The highest BCUT2D eigenvalue weighted by Gasteiger charge is 2.20. The minimum atomic E-state index is 0.101. The van der Waals surface area contributed by atoms with Crippen LogP contribution in [0.5, 0.6) is 5.75 Å². The molecule has 1 unspecified atom stereocenters. The summed E-state index contributed by atoms with van der Waals surface area (Å²) in [4.78, 5) is 4.24. The second-order valence-electron chi connectivity index (χ2n) is 4.97. The number of aromatic nitrogens is 1. The molecule has 3 nitrogen and oxygen atoms in total. The van der Waals surface area contributed by atoms with Crippen LogP contribution in [0.4, 0.5) is 0 Å². The fourth-order valence-corrected chi connectivity index (χ4v) is 2.62. The van der Waals surface area contributed by atoms with E-state index >= 15 is 0 Å². The van der Waals surface area contributed by atoms with Gasteiger partial charge in [0.2, 0.25) is 0 Å². The van der Waals surface area contributed by atoms with Gasteiger partial charge in [-0.15, -0.1) is 0 Å². The Bertz CT molecular complexity index is 567. The van der Waals surface area contributed by atoms with Gasteiger partial charge >= 0.3 is 0 Å². The van der Waals surface area contributed by atoms with Crippen LogP contribution in [0.1, 0.15) is 35.2 Å². The number of hydrogen-bond donors (Lipinski definition) is 1. The van der Waals surface area contributed by atoms with Gasteiger partial charge < -0.3 is 10.1 Å². The maximum absolute atomic E-state index is 5.60. The molecule has 2 rings (SSSR count). The van der Waals surface area contributed by atoms with Gasteiger partial charge in [-0.25, -0.2) is 0 Å². The Morgan fingerprint density at radius 1 is 1.30 bits per heavy atom. The molecule has 106 valence electrons. The third-order valence-electron chi connectivity index (χ3n) is 3.43. The summed E-state index contributed by atoms with van der Waals surface area (Å²) < 4.78 is 5.60. The first kappa shape index (κ1) is 14.5. The summed E-state index contributed by atoms with van der Waals surface area (Å²) >= 11 is 0. The van der Waals surface area contributed by atoms with Crippen LogP contribution < -0.4 is 10.1 Å². The van der Waals surface area contributed by atoms with Gasteiger partial charge in [0.05, 0.1) is 13.2 Å². The Morgan fingerprint density at radius 2 is 2.10 bits per heavy atom. The van der Waals surface area contributed by atoms with E-state index in [0.717, 1.165) is 17.9 Å². The van der Waals surface area contributed by atoms with Gasteiger partial charge in [-0.05, 0) is 49.2 Å². The molecule has 0 amide bonds. The summed E-state index contributed by atoms with van der Waals surface area (Å²) in [5.41, 5.74) is 4.79. The SMILES string of the molecule is CCNC(c1cccnc1)c1c(C)cc(C)cc1OC. The third-order valence-corrected chi connectivity index (χ3v) is 3.43. The summed E-state index contributed by atoms with van der Waals surface area (Å²) in [5, 5.41) is 3.53. The standard InChI is InChI=1S/C17H22N2O/c1-5-19-17(14-7-6-8-18-11-14)16-13(3)9-12(2)10-15(16)20-4/h6-11,17,19H,5H2,1-4H3. The molecule has 0 fully saturated rings. The van der Waals surface area contributed by atoms with Gasteiger partial charge in [0, 0.05) is 18.0 Å². The lowest BCUT2D eigenvalue weighted by atomic mass is 9.93. The molecule has 2 aromatic rings. The average molecular weight is 270 g/mol. The molecular weight excluding hydrogens is 248 g/mol. The van der Waals surface area contributed by atoms with E-state index in [0.29, 0.717) is 0 Å². The van der Waals surface area contributed by atoms with Crippen molar-refractivity contribution in [2.24, 2.45) is 0 Å². The summed E-state index contributed by atoms with van der Waals surface area (Å²) in [6.45, 7) is 7.21. The Hall–Kier alpha value is -1.87. The molecular formula is C17H22N2O. The van der Waals surface area contributed by atoms with Gasteiger partial charge in [0.15, 0.2) is 0 Å². The van der Waals surface area contributed by atoms with E-state index < -0.39 is 0 Å². The second kappa shape index (κ2) is 6.53. The predicted octanol–water partition coefficient (Wildman–Crippen LogP) is 3.41. The highest BCUT2D eigenvalue weighted by molar-refractivity contribution is 5.48. The van der Waals surface area contributed by atoms with Crippen molar-refractivity contribution in [3.63, 3.8) is 0 Å². The largest absolute Gasteiger partial charge is 0.496 e. The molecule has 3 heteroatoms. The normalized spacial score (nSPS) is 12.2. The van der Waals surface area contributed by atoms with Gasteiger partial charge in [0.25, 0.3) is 0 Å². The Balaban J connectivity index is 2.55. The molecule has 1 aromatic carbocycles. The van der Waals surface area contributed by atoms with E-state index in [9.17, 15) is 0 Å². The maximum Gasteiger partial charge on any atom is 0.124 e. The first-order chi connectivity index (χ1) is 9.67. The fourth-order valence-electron chi connectivity index (χ4n) is 2.62. The summed E-state index contributed by atoms with van der Waals surface area (Å²) in [5.74, 6) is 0.928. The molecule has 0 radical (unpaired) electrons. The minimum absolute atomic E-state index is 0.101. The Labute approximate surface area is 121 Å². The summed E-state index contributed by atoms with van der Waals surface area (Å²) in [6.07, 6.45) is 3.71. The third kappa shape index (κ3) is 2.99. The Morgan fingerprint density at radius 3 is 2.70 bits per heavy atom. The van der Waals surface area contributed by atoms with E-state index in [1.165, 1.54) is 16.7 Å². The molecule has 0 aliphatic rings. The summed E-state index contributed by atoms with van der Waals surface area (Å²) in [7, 11) is 1.73. The predicted molar refractivity (Wildman–Crippen MR) is 82.2 cm³/mol. The van der Waals surface area contributed by atoms with Crippen molar-refractivity contribution in [1.82, 2.24) is 10.3 Å². The molecule has 0 spiro atoms. The lowest BCUT2D eigenvalue weighted by molar-refractivity contribution is 0.403. The van der Waals surface area contributed by atoms with Crippen LogP contribution in [0.15, 0.2) is 36.7 Å². The van der Waals surface area contributed by atoms with Crippen molar-refractivity contribution in [2.45, 2.75) is 26.8 Å². The maximum atomic E-state index is 5.60. The number of nitrogens with one attached hydrogen (secondary N) is 1. The lowest BCUT2D eigenvalue weighted by Gasteiger charge is -2.23. The molecule has 1 atom stereocenters. The zero-order valence-electron chi connectivity index (χ0n) is 12.6. The number of methoxy groups -OCH3 is 1. The number of pyridine rings is 1. The Kier molecular flexibility index (Phi) is 4.74. The molecule has 20 heavy (non-hydrogen) atoms. The number of ether oxygens (including phenoxy) is 1. The van der Waals surface area contributed by atoms with Crippen LogP contribution in [0, 0.1) is 13.8 Å². The molecule has 1 heterocycles. The zero-order chi connectivity index (χ0) is 14.5. The second-order valence-corrected chi connectivity index (χ2v) is 4.97. The number of benzene rings is 1. The van der Waals surface area contributed by atoms with E-state index in [1.807, 2.05) is 12.3 Å². The highest BCUT2D eigenvalue weighted by atomic mass is 16.5. The average Bonchev–Trinajstić information content (AvgIpc) is 2.45. The van der Waals surface area contributed by atoms with Gasteiger partial charge in [-0.2, -0.15) is 0 Å². The molecule has 1 N–H and O–H groups in total. The smallest absolute Gasteiger partial charge is 0.124 e. The first-order valence-electron chi connectivity index (χ1n) is 6.95. The van der Waals surface area contributed by atoms with Crippen molar-refractivity contribution < 1.29 is 4.74 Å². The molecule has 1 aromatic heterocycles. The topological polar surface area (TPSA) is 34.2 Å². The number of aryl methyl sites for hydroxylation is 2. The van der Waals surface area contributed by atoms with Gasteiger partial charge in [0.1, 0.15) is 5.75 Å².